The Kier molecular flexibility index (Phi) is 11.7. The number of hydrogen-bond donors (Lipinski definition) is 0. The summed E-state index contributed by atoms with van der Waals surface area (Å²) in [7, 11) is 1.41. The lowest BCUT2D eigenvalue weighted by Gasteiger charge is -2.37. The van der Waals surface area contributed by atoms with Gasteiger partial charge in [0, 0.05) is 0 Å². The molecule has 28 heavy (non-hydrogen) atoms. The van der Waals surface area contributed by atoms with E-state index in [4.69, 9.17) is 14.5 Å². The van der Waals surface area contributed by atoms with Crippen molar-refractivity contribution < 1.29 is 19.3 Å². The lowest BCUT2D eigenvalue weighted by molar-refractivity contribution is -0.411. The Hall–Kier alpha value is -1.13. The maximum Gasteiger partial charge on any atom is 0.311 e. The minimum atomic E-state index is -0.283. The molecule has 162 valence electrons. The first-order valence-corrected chi connectivity index (χ1v) is 11.0. The fourth-order valence-electron chi connectivity index (χ4n) is 3.58. The van der Waals surface area contributed by atoms with Gasteiger partial charge >= 0.3 is 5.97 Å². The average molecular weight is 395 g/mol. The average Bonchev–Trinajstić information content (AvgIpc) is 2.66. The molecule has 0 aliphatic carbocycles. The van der Waals surface area contributed by atoms with E-state index in [1.807, 2.05) is 6.92 Å². The summed E-state index contributed by atoms with van der Waals surface area (Å²) in [5, 5.41) is 0. The van der Waals surface area contributed by atoms with Gasteiger partial charge < -0.3 is 4.74 Å². The first kappa shape index (κ1) is 24.9. The molecular formula is C24H42O4. The van der Waals surface area contributed by atoms with Crippen LogP contribution in [-0.4, -0.2) is 24.8 Å². The number of carbonyl (C=O) groups is 1. The van der Waals surface area contributed by atoms with Crippen molar-refractivity contribution in [1.82, 2.24) is 0 Å². The van der Waals surface area contributed by atoms with E-state index < -0.39 is 0 Å². The monoisotopic (exact) mass is 394 g/mol. The van der Waals surface area contributed by atoms with Crippen LogP contribution in [0.4, 0.5) is 0 Å². The third-order valence-corrected chi connectivity index (χ3v) is 5.73. The van der Waals surface area contributed by atoms with Crippen molar-refractivity contribution in [3.05, 3.63) is 23.3 Å². The molecule has 3 atom stereocenters. The zero-order valence-corrected chi connectivity index (χ0v) is 19.0. The number of esters is 1. The van der Waals surface area contributed by atoms with Gasteiger partial charge in [0.2, 0.25) is 0 Å². The first-order valence-electron chi connectivity index (χ1n) is 11.0. The summed E-state index contributed by atoms with van der Waals surface area (Å²) in [6, 6.07) is 0. The summed E-state index contributed by atoms with van der Waals surface area (Å²) in [4.78, 5) is 22.9. The molecule has 0 saturated carbocycles. The molecule has 1 aliphatic rings. The van der Waals surface area contributed by atoms with Crippen LogP contribution in [0.5, 0.6) is 0 Å². The molecule has 0 unspecified atom stereocenters. The molecule has 0 amide bonds. The van der Waals surface area contributed by atoms with Gasteiger partial charge in [0.15, 0.2) is 0 Å². The molecule has 0 radical (unpaired) electrons. The topological polar surface area (TPSA) is 44.8 Å². The molecule has 1 rings (SSSR count). The highest BCUT2D eigenvalue weighted by atomic mass is 17.2. The second-order valence-electron chi connectivity index (χ2n) is 8.85. The second-order valence-corrected chi connectivity index (χ2v) is 8.85. The second kappa shape index (κ2) is 13.2. The van der Waals surface area contributed by atoms with Crippen LogP contribution >= 0.6 is 0 Å². The third-order valence-electron chi connectivity index (χ3n) is 5.73. The first-order chi connectivity index (χ1) is 13.3. The molecule has 1 saturated heterocycles. The molecule has 0 bridgehead atoms. The van der Waals surface area contributed by atoms with Crippen molar-refractivity contribution in [2.45, 2.75) is 111 Å². The van der Waals surface area contributed by atoms with Gasteiger partial charge in [-0.25, -0.2) is 9.78 Å². The van der Waals surface area contributed by atoms with Gasteiger partial charge in [0.25, 0.3) is 0 Å². The minimum Gasteiger partial charge on any atom is -0.469 e. The Balaban J connectivity index is 2.12. The van der Waals surface area contributed by atoms with E-state index in [9.17, 15) is 4.79 Å². The predicted octanol–water partition coefficient (Wildman–Crippen LogP) is 6.70. The maximum absolute atomic E-state index is 11.6. The fraction of sp³-hybridized carbons (Fsp3) is 0.792. The van der Waals surface area contributed by atoms with Crippen molar-refractivity contribution in [2.24, 2.45) is 5.92 Å². The summed E-state index contributed by atoms with van der Waals surface area (Å²) in [6.07, 6.45) is 15.7. The molecule has 1 heterocycles. The van der Waals surface area contributed by atoms with Gasteiger partial charge in [0.05, 0.1) is 13.0 Å². The van der Waals surface area contributed by atoms with Crippen LogP contribution in [0.15, 0.2) is 23.3 Å². The van der Waals surface area contributed by atoms with E-state index in [0.29, 0.717) is 0 Å². The van der Waals surface area contributed by atoms with Gasteiger partial charge in [-0.1, -0.05) is 49.0 Å². The van der Waals surface area contributed by atoms with Crippen molar-refractivity contribution in [3.8, 4) is 0 Å². The SMILES string of the molecule is COC(=O)[C@H](C)[C@@H]1CC[C@@](C)(CCCCCCC/C(C)=C/CC=C(C)C)OO1. The molecule has 0 aromatic carbocycles. The standard InChI is InChI=1S/C24H42O4/c1-19(2)13-12-15-20(3)14-10-8-7-9-11-17-24(5)18-16-22(27-28-24)21(4)23(25)26-6/h13,15,21-22H,7-12,14,16-18H2,1-6H3/b20-15+/t21-,22+,24-/m1/s1. The van der Waals surface area contributed by atoms with Crippen LogP contribution in [0.2, 0.25) is 0 Å². The minimum absolute atomic E-state index is 0.200. The van der Waals surface area contributed by atoms with E-state index in [1.165, 1.54) is 50.4 Å². The van der Waals surface area contributed by atoms with Gasteiger partial charge in [-0.15, -0.1) is 0 Å². The van der Waals surface area contributed by atoms with E-state index >= 15 is 0 Å². The molecule has 1 aliphatic heterocycles. The van der Waals surface area contributed by atoms with Gasteiger partial charge in [-0.05, 0) is 73.1 Å². The number of rotatable bonds is 12. The molecule has 0 aromatic heterocycles. The van der Waals surface area contributed by atoms with Gasteiger partial charge in [-0.3, -0.25) is 4.79 Å². The number of methoxy groups -OCH3 is 1. The van der Waals surface area contributed by atoms with Crippen LogP contribution in [-0.2, 0) is 19.3 Å². The number of carbonyl (C=O) groups excluding carboxylic acids is 1. The highest BCUT2D eigenvalue weighted by Gasteiger charge is 2.37. The maximum atomic E-state index is 11.6. The molecule has 0 spiro atoms. The largest absolute Gasteiger partial charge is 0.469 e. The van der Waals surface area contributed by atoms with E-state index in [0.717, 1.165) is 32.1 Å². The zero-order chi connectivity index (χ0) is 21.0. The van der Waals surface area contributed by atoms with Crippen molar-refractivity contribution in [1.29, 1.82) is 0 Å². The molecule has 4 nitrogen and oxygen atoms in total. The number of ether oxygens (including phenoxy) is 1. The Morgan fingerprint density at radius 1 is 1.14 bits per heavy atom. The number of allylic oxidation sites excluding steroid dienone is 4. The Morgan fingerprint density at radius 3 is 2.43 bits per heavy atom. The number of unbranched alkanes of at least 4 members (excludes halogenated alkanes) is 4. The molecule has 0 N–H and O–H groups in total. The summed E-state index contributed by atoms with van der Waals surface area (Å²) in [5.41, 5.74) is 2.67. The molecule has 0 aromatic rings. The van der Waals surface area contributed by atoms with Crippen LogP contribution in [0.1, 0.15) is 98.8 Å². The van der Waals surface area contributed by atoms with Crippen LogP contribution in [0.25, 0.3) is 0 Å². The van der Waals surface area contributed by atoms with Gasteiger partial charge in [0.1, 0.15) is 11.7 Å². The van der Waals surface area contributed by atoms with Gasteiger partial charge in [-0.2, -0.15) is 0 Å². The Bertz CT molecular complexity index is 509. The van der Waals surface area contributed by atoms with Crippen molar-refractivity contribution >= 4 is 5.97 Å². The van der Waals surface area contributed by atoms with E-state index in [2.05, 4.69) is 39.8 Å². The smallest absolute Gasteiger partial charge is 0.311 e. The summed E-state index contributed by atoms with van der Waals surface area (Å²) in [6.45, 7) is 10.5. The fourth-order valence-corrected chi connectivity index (χ4v) is 3.58. The highest BCUT2D eigenvalue weighted by Crippen LogP contribution is 2.34. The Labute approximate surface area is 172 Å². The van der Waals surface area contributed by atoms with Crippen LogP contribution < -0.4 is 0 Å². The van der Waals surface area contributed by atoms with E-state index in [1.54, 1.807) is 0 Å². The van der Waals surface area contributed by atoms with E-state index in [-0.39, 0.29) is 23.6 Å². The van der Waals surface area contributed by atoms with Crippen LogP contribution in [0.3, 0.4) is 0 Å². The zero-order valence-electron chi connectivity index (χ0n) is 19.0. The third kappa shape index (κ3) is 9.88. The van der Waals surface area contributed by atoms with Crippen molar-refractivity contribution in [2.75, 3.05) is 7.11 Å². The van der Waals surface area contributed by atoms with Crippen LogP contribution in [0, 0.1) is 5.92 Å². The summed E-state index contributed by atoms with van der Waals surface area (Å²) >= 11 is 0. The lowest BCUT2D eigenvalue weighted by Crippen LogP contribution is -2.41. The predicted molar refractivity (Wildman–Crippen MR) is 115 cm³/mol. The number of hydrogen-bond acceptors (Lipinski definition) is 4. The lowest BCUT2D eigenvalue weighted by atomic mass is 9.88. The quantitative estimate of drug-likeness (QED) is 0.160. The summed E-state index contributed by atoms with van der Waals surface area (Å²) in [5.74, 6) is -0.520. The normalized spacial score (nSPS) is 23.9. The Morgan fingerprint density at radius 2 is 1.82 bits per heavy atom. The molecule has 1 fully saturated rings. The highest BCUT2D eigenvalue weighted by molar-refractivity contribution is 5.72. The molecular weight excluding hydrogens is 352 g/mol. The molecule has 4 heteroatoms. The summed E-state index contributed by atoms with van der Waals surface area (Å²) < 4.78 is 4.79. The van der Waals surface area contributed by atoms with Crippen molar-refractivity contribution in [3.63, 3.8) is 0 Å².